The van der Waals surface area contributed by atoms with Gasteiger partial charge < -0.3 is 9.47 Å². The van der Waals surface area contributed by atoms with Crippen LogP contribution in [0.1, 0.15) is 11.3 Å². The van der Waals surface area contributed by atoms with E-state index in [0.717, 1.165) is 4.47 Å². The molecule has 4 nitrogen and oxygen atoms in total. The number of hydrogen-bond acceptors (Lipinski definition) is 3. The number of carbonyl (C=O) groups is 1. The first-order chi connectivity index (χ1) is 8.65. The van der Waals surface area contributed by atoms with Crippen molar-refractivity contribution >= 4 is 33.2 Å². The third-order valence-corrected chi connectivity index (χ3v) is 4.27. The van der Waals surface area contributed by atoms with Crippen LogP contribution in [-0.2, 0) is 17.9 Å². The van der Waals surface area contributed by atoms with Crippen LogP contribution in [0.15, 0.2) is 34.6 Å². The fourth-order valence-electron chi connectivity index (χ4n) is 1.59. The van der Waals surface area contributed by atoms with Crippen molar-refractivity contribution in [3.63, 3.8) is 0 Å². The smallest absolute Gasteiger partial charge is 0.224 e. The second-order valence-electron chi connectivity index (χ2n) is 4.03. The van der Waals surface area contributed by atoms with Crippen LogP contribution >= 0.6 is 27.3 Å². The van der Waals surface area contributed by atoms with Gasteiger partial charge in [-0.3, -0.25) is 4.79 Å². The van der Waals surface area contributed by atoms with Gasteiger partial charge in [-0.15, -0.1) is 11.3 Å². The topological polar surface area (TPSA) is 38.1 Å². The highest BCUT2D eigenvalue weighted by Crippen LogP contribution is 2.20. The van der Waals surface area contributed by atoms with Gasteiger partial charge in [-0.1, -0.05) is 0 Å². The molecule has 0 N–H and O–H groups in total. The Morgan fingerprint density at radius 2 is 2.44 bits per heavy atom. The van der Waals surface area contributed by atoms with Crippen LogP contribution in [0.4, 0.5) is 0 Å². The number of rotatable bonds is 5. The number of aryl methyl sites for hydroxylation is 1. The predicted molar refractivity (Wildman–Crippen MR) is 75.3 cm³/mol. The van der Waals surface area contributed by atoms with Crippen molar-refractivity contribution in [2.75, 3.05) is 7.05 Å². The number of aromatic nitrogens is 2. The summed E-state index contributed by atoms with van der Waals surface area (Å²) in [5, 5.41) is 2.03. The Kier molecular flexibility index (Phi) is 4.54. The van der Waals surface area contributed by atoms with E-state index in [2.05, 4.69) is 20.9 Å². The van der Waals surface area contributed by atoms with Crippen molar-refractivity contribution in [3.05, 3.63) is 39.5 Å². The number of carbonyl (C=O) groups excluding carboxylic acids is 1. The van der Waals surface area contributed by atoms with E-state index in [9.17, 15) is 4.79 Å². The lowest BCUT2D eigenvalue weighted by Gasteiger charge is -2.16. The first-order valence-electron chi connectivity index (χ1n) is 5.58. The number of hydrogen-bond donors (Lipinski definition) is 0. The lowest BCUT2D eigenvalue weighted by Crippen LogP contribution is -2.26. The first-order valence-corrected chi connectivity index (χ1v) is 7.25. The molecular weight excluding hydrogens is 314 g/mol. The lowest BCUT2D eigenvalue weighted by molar-refractivity contribution is -0.130. The molecule has 0 aliphatic heterocycles. The van der Waals surface area contributed by atoms with Crippen molar-refractivity contribution in [2.45, 2.75) is 19.5 Å². The predicted octanol–water partition coefficient (Wildman–Crippen LogP) is 2.76. The van der Waals surface area contributed by atoms with E-state index in [1.807, 2.05) is 29.3 Å². The zero-order valence-electron chi connectivity index (χ0n) is 10.0. The third-order valence-electron chi connectivity index (χ3n) is 2.58. The van der Waals surface area contributed by atoms with Crippen molar-refractivity contribution in [1.82, 2.24) is 14.5 Å². The van der Waals surface area contributed by atoms with Crippen LogP contribution in [0.2, 0.25) is 0 Å². The summed E-state index contributed by atoms with van der Waals surface area (Å²) >= 11 is 5.07. The maximum absolute atomic E-state index is 11.9. The molecule has 0 aromatic carbocycles. The molecule has 6 heteroatoms. The van der Waals surface area contributed by atoms with Gasteiger partial charge in [-0.2, -0.15) is 0 Å². The Hall–Kier alpha value is -1.14. The van der Waals surface area contributed by atoms with Crippen molar-refractivity contribution < 1.29 is 4.79 Å². The second kappa shape index (κ2) is 6.15. The summed E-state index contributed by atoms with van der Waals surface area (Å²) in [5.74, 6) is 0.147. The Bertz CT molecular complexity index is 509. The average molecular weight is 328 g/mol. The number of thiophene rings is 1. The molecule has 0 bridgehead atoms. The minimum absolute atomic E-state index is 0.147. The van der Waals surface area contributed by atoms with E-state index in [4.69, 9.17) is 0 Å². The zero-order valence-corrected chi connectivity index (χ0v) is 12.4. The highest BCUT2D eigenvalue weighted by Gasteiger charge is 2.10. The van der Waals surface area contributed by atoms with Crippen molar-refractivity contribution in [3.8, 4) is 0 Å². The van der Waals surface area contributed by atoms with Gasteiger partial charge in [0, 0.05) is 47.1 Å². The third kappa shape index (κ3) is 3.68. The molecule has 18 heavy (non-hydrogen) atoms. The van der Waals surface area contributed by atoms with Crippen LogP contribution in [0, 0.1) is 0 Å². The molecule has 0 atom stereocenters. The summed E-state index contributed by atoms with van der Waals surface area (Å²) in [7, 11) is 1.84. The molecule has 2 aromatic heterocycles. The molecule has 0 spiro atoms. The van der Waals surface area contributed by atoms with Gasteiger partial charge in [0.25, 0.3) is 0 Å². The fourth-order valence-corrected chi connectivity index (χ4v) is 3.10. The van der Waals surface area contributed by atoms with Crippen LogP contribution in [-0.4, -0.2) is 27.4 Å². The number of nitrogens with zero attached hydrogens (tertiary/aromatic N) is 3. The van der Waals surface area contributed by atoms with Gasteiger partial charge in [-0.25, -0.2) is 4.98 Å². The number of halogens is 1. The molecule has 0 fully saturated rings. The normalized spacial score (nSPS) is 10.6. The largest absolute Gasteiger partial charge is 0.341 e. The molecule has 0 saturated carbocycles. The van der Waals surface area contributed by atoms with Gasteiger partial charge >= 0.3 is 0 Å². The Morgan fingerprint density at radius 1 is 1.61 bits per heavy atom. The maximum Gasteiger partial charge on any atom is 0.224 e. The van der Waals surface area contributed by atoms with E-state index in [0.29, 0.717) is 19.5 Å². The van der Waals surface area contributed by atoms with E-state index in [1.165, 1.54) is 4.88 Å². The van der Waals surface area contributed by atoms with Crippen LogP contribution < -0.4 is 0 Å². The summed E-state index contributed by atoms with van der Waals surface area (Å²) < 4.78 is 2.98. The highest BCUT2D eigenvalue weighted by molar-refractivity contribution is 9.10. The monoisotopic (exact) mass is 327 g/mol. The quantitative estimate of drug-likeness (QED) is 0.846. The van der Waals surface area contributed by atoms with Gasteiger partial charge in [0.05, 0.1) is 12.9 Å². The number of imidazole rings is 1. The molecule has 96 valence electrons. The molecule has 0 saturated heterocycles. The van der Waals surface area contributed by atoms with E-state index in [1.54, 1.807) is 28.8 Å². The molecular formula is C12H14BrN3OS. The summed E-state index contributed by atoms with van der Waals surface area (Å²) in [5.41, 5.74) is 0. The Labute approximate surface area is 118 Å². The second-order valence-corrected chi connectivity index (χ2v) is 5.94. The maximum atomic E-state index is 11.9. The molecule has 2 aromatic rings. The molecule has 0 unspecified atom stereocenters. The van der Waals surface area contributed by atoms with Crippen molar-refractivity contribution in [2.24, 2.45) is 0 Å². The molecule has 2 rings (SSSR count). The Morgan fingerprint density at radius 3 is 3.06 bits per heavy atom. The standard InChI is InChI=1S/C12H14BrN3OS/c1-15(7-11-6-10(13)8-18-11)12(17)2-4-16-5-3-14-9-16/h3,5-6,8-9H,2,4,7H2,1H3. The van der Waals surface area contributed by atoms with Gasteiger partial charge in [0.15, 0.2) is 0 Å². The van der Waals surface area contributed by atoms with Gasteiger partial charge in [0.2, 0.25) is 5.91 Å². The highest BCUT2D eigenvalue weighted by atomic mass is 79.9. The summed E-state index contributed by atoms with van der Waals surface area (Å²) in [4.78, 5) is 18.8. The van der Waals surface area contributed by atoms with E-state index in [-0.39, 0.29) is 5.91 Å². The molecule has 0 aliphatic rings. The summed E-state index contributed by atoms with van der Waals surface area (Å²) in [6.45, 7) is 1.34. The summed E-state index contributed by atoms with van der Waals surface area (Å²) in [6, 6.07) is 2.05. The first kappa shape index (κ1) is 13.3. The minimum atomic E-state index is 0.147. The van der Waals surface area contributed by atoms with E-state index < -0.39 is 0 Å². The molecule has 1 amide bonds. The minimum Gasteiger partial charge on any atom is -0.341 e. The van der Waals surface area contributed by atoms with Crippen LogP contribution in [0.5, 0.6) is 0 Å². The average Bonchev–Trinajstić information content (AvgIpc) is 2.97. The van der Waals surface area contributed by atoms with Gasteiger partial charge in [0.1, 0.15) is 0 Å². The zero-order chi connectivity index (χ0) is 13.0. The summed E-state index contributed by atoms with van der Waals surface area (Å²) in [6.07, 6.45) is 5.81. The molecule has 2 heterocycles. The fraction of sp³-hybridized carbons (Fsp3) is 0.333. The van der Waals surface area contributed by atoms with Gasteiger partial charge in [-0.05, 0) is 22.0 Å². The molecule has 0 radical (unpaired) electrons. The SMILES string of the molecule is CN(Cc1cc(Br)cs1)C(=O)CCn1ccnc1. The van der Waals surface area contributed by atoms with Crippen molar-refractivity contribution in [1.29, 1.82) is 0 Å². The lowest BCUT2D eigenvalue weighted by atomic mass is 10.3. The number of amides is 1. The molecule has 0 aliphatic carbocycles. The Balaban J connectivity index is 1.81. The van der Waals surface area contributed by atoms with E-state index >= 15 is 0 Å². The van der Waals surface area contributed by atoms with Crippen LogP contribution in [0.3, 0.4) is 0 Å². The van der Waals surface area contributed by atoms with Crippen LogP contribution in [0.25, 0.3) is 0 Å².